The summed E-state index contributed by atoms with van der Waals surface area (Å²) < 4.78 is 0. The third-order valence-corrected chi connectivity index (χ3v) is 4.27. The summed E-state index contributed by atoms with van der Waals surface area (Å²) in [5.41, 5.74) is 2.46. The summed E-state index contributed by atoms with van der Waals surface area (Å²) in [5.74, 6) is 0. The van der Waals surface area contributed by atoms with Crippen molar-refractivity contribution in [2.24, 2.45) is 0 Å². The molecule has 0 aliphatic carbocycles. The fraction of sp³-hybridized carbons (Fsp3) is 0.286. The van der Waals surface area contributed by atoms with Crippen LogP contribution in [0.15, 0.2) is 35.7 Å². The van der Waals surface area contributed by atoms with E-state index in [9.17, 15) is 5.11 Å². The Labute approximate surface area is 111 Å². The minimum absolute atomic E-state index is 0.505. The van der Waals surface area contributed by atoms with E-state index in [1.165, 1.54) is 16.9 Å². The van der Waals surface area contributed by atoms with Crippen molar-refractivity contribution in [2.45, 2.75) is 25.9 Å². The maximum atomic E-state index is 10.1. The van der Waals surface area contributed by atoms with E-state index in [-0.39, 0.29) is 0 Å². The fourth-order valence-electron chi connectivity index (χ4n) is 1.77. The number of halogens is 1. The zero-order valence-electron chi connectivity index (χ0n) is 9.69. The number of thiophene rings is 1. The monoisotopic (exact) mass is 266 g/mol. The molecular weight excluding hydrogens is 252 g/mol. The molecule has 0 amide bonds. The van der Waals surface area contributed by atoms with Gasteiger partial charge in [-0.25, -0.2) is 0 Å². The van der Waals surface area contributed by atoms with E-state index < -0.39 is 6.10 Å². The van der Waals surface area contributed by atoms with Crippen molar-refractivity contribution in [3.05, 3.63) is 56.7 Å². The van der Waals surface area contributed by atoms with Crippen LogP contribution in [0.4, 0.5) is 0 Å². The number of hydrogen-bond donors (Lipinski definition) is 1. The van der Waals surface area contributed by atoms with Crippen molar-refractivity contribution in [3.63, 3.8) is 0 Å². The second-order valence-electron chi connectivity index (χ2n) is 4.02. The molecule has 1 N–H and O–H groups in total. The van der Waals surface area contributed by atoms with Gasteiger partial charge in [0.1, 0.15) is 0 Å². The lowest BCUT2D eigenvalue weighted by Gasteiger charge is -2.09. The maximum absolute atomic E-state index is 10.1. The van der Waals surface area contributed by atoms with Gasteiger partial charge in [0.15, 0.2) is 0 Å². The SMILES string of the molecule is CCc1ccc(CC(O)c2sccc2Cl)cc1. The average Bonchev–Trinajstić information content (AvgIpc) is 2.76. The summed E-state index contributed by atoms with van der Waals surface area (Å²) in [7, 11) is 0. The van der Waals surface area contributed by atoms with Crippen LogP contribution in [0.25, 0.3) is 0 Å². The normalized spacial score (nSPS) is 12.6. The van der Waals surface area contributed by atoms with E-state index in [4.69, 9.17) is 11.6 Å². The summed E-state index contributed by atoms with van der Waals surface area (Å²) >= 11 is 7.50. The van der Waals surface area contributed by atoms with Crippen molar-refractivity contribution in [1.29, 1.82) is 0 Å². The number of aryl methyl sites for hydroxylation is 1. The first-order valence-electron chi connectivity index (χ1n) is 5.69. The molecule has 1 heterocycles. The van der Waals surface area contributed by atoms with Crippen LogP contribution in [0, 0.1) is 0 Å². The van der Waals surface area contributed by atoms with E-state index in [1.807, 2.05) is 11.4 Å². The molecule has 3 heteroatoms. The molecule has 0 saturated carbocycles. The third-order valence-electron chi connectivity index (χ3n) is 2.81. The van der Waals surface area contributed by atoms with Crippen molar-refractivity contribution >= 4 is 22.9 Å². The Morgan fingerprint density at radius 1 is 1.18 bits per heavy atom. The number of hydrogen-bond acceptors (Lipinski definition) is 2. The van der Waals surface area contributed by atoms with E-state index >= 15 is 0 Å². The molecule has 1 aromatic carbocycles. The fourth-order valence-corrected chi connectivity index (χ4v) is 2.94. The van der Waals surface area contributed by atoms with E-state index in [1.54, 1.807) is 0 Å². The Bertz CT molecular complexity index is 475. The lowest BCUT2D eigenvalue weighted by atomic mass is 10.0. The van der Waals surface area contributed by atoms with Gasteiger partial charge in [0.25, 0.3) is 0 Å². The highest BCUT2D eigenvalue weighted by atomic mass is 35.5. The Morgan fingerprint density at radius 2 is 1.82 bits per heavy atom. The highest BCUT2D eigenvalue weighted by Gasteiger charge is 2.13. The molecule has 17 heavy (non-hydrogen) atoms. The minimum Gasteiger partial charge on any atom is -0.387 e. The van der Waals surface area contributed by atoms with Gasteiger partial charge in [0.05, 0.1) is 16.0 Å². The van der Waals surface area contributed by atoms with Gasteiger partial charge in [-0.3, -0.25) is 0 Å². The molecule has 90 valence electrons. The van der Waals surface area contributed by atoms with Crippen molar-refractivity contribution < 1.29 is 5.11 Å². The molecule has 0 bridgehead atoms. The molecule has 1 aromatic heterocycles. The van der Waals surface area contributed by atoms with Gasteiger partial charge in [-0.2, -0.15) is 0 Å². The van der Waals surface area contributed by atoms with Crippen molar-refractivity contribution in [2.75, 3.05) is 0 Å². The summed E-state index contributed by atoms with van der Waals surface area (Å²) in [6.45, 7) is 2.13. The van der Waals surface area contributed by atoms with E-state index in [2.05, 4.69) is 31.2 Å². The van der Waals surface area contributed by atoms with Crippen LogP contribution in [-0.2, 0) is 12.8 Å². The third kappa shape index (κ3) is 3.09. The first-order chi connectivity index (χ1) is 8.20. The zero-order valence-corrected chi connectivity index (χ0v) is 11.3. The minimum atomic E-state index is -0.505. The molecular formula is C14H15ClOS. The highest BCUT2D eigenvalue weighted by molar-refractivity contribution is 7.10. The van der Waals surface area contributed by atoms with Gasteiger partial charge in [0.2, 0.25) is 0 Å². The Hall–Kier alpha value is -0.830. The second kappa shape index (κ2) is 5.67. The molecule has 0 fully saturated rings. The van der Waals surface area contributed by atoms with Crippen LogP contribution < -0.4 is 0 Å². The summed E-state index contributed by atoms with van der Waals surface area (Å²) in [4.78, 5) is 0.853. The number of rotatable bonds is 4. The van der Waals surface area contributed by atoms with Crippen LogP contribution in [0.5, 0.6) is 0 Å². The lowest BCUT2D eigenvalue weighted by Crippen LogP contribution is -2.00. The van der Waals surface area contributed by atoms with Gasteiger partial charge in [-0.15, -0.1) is 11.3 Å². The van der Waals surface area contributed by atoms with Crippen LogP contribution >= 0.6 is 22.9 Å². The average molecular weight is 267 g/mol. The summed E-state index contributed by atoms with van der Waals surface area (Å²) in [5, 5.41) is 12.7. The van der Waals surface area contributed by atoms with Crippen molar-refractivity contribution in [1.82, 2.24) is 0 Å². The van der Waals surface area contributed by atoms with Gasteiger partial charge < -0.3 is 5.11 Å². The predicted molar refractivity (Wildman–Crippen MR) is 73.8 cm³/mol. The summed E-state index contributed by atoms with van der Waals surface area (Å²) in [6.07, 6.45) is 1.15. The number of aliphatic hydroxyl groups excluding tert-OH is 1. The zero-order chi connectivity index (χ0) is 12.3. The second-order valence-corrected chi connectivity index (χ2v) is 5.38. The molecule has 1 nitrogen and oxygen atoms in total. The molecule has 2 rings (SSSR count). The first kappa shape index (κ1) is 12.6. The van der Waals surface area contributed by atoms with Crippen LogP contribution in [0.3, 0.4) is 0 Å². The highest BCUT2D eigenvalue weighted by Crippen LogP contribution is 2.30. The molecule has 2 aromatic rings. The largest absolute Gasteiger partial charge is 0.387 e. The summed E-state index contributed by atoms with van der Waals surface area (Å²) in [6, 6.07) is 10.2. The van der Waals surface area contributed by atoms with Gasteiger partial charge in [-0.05, 0) is 29.0 Å². The standard InChI is InChI=1S/C14H15ClOS/c1-2-10-3-5-11(6-4-10)9-13(16)14-12(15)7-8-17-14/h3-8,13,16H,2,9H2,1H3. The van der Waals surface area contributed by atoms with Crippen molar-refractivity contribution in [3.8, 4) is 0 Å². The maximum Gasteiger partial charge on any atom is 0.0937 e. The molecule has 1 atom stereocenters. The number of benzene rings is 1. The Kier molecular flexibility index (Phi) is 4.21. The molecule has 0 saturated heterocycles. The molecule has 0 spiro atoms. The predicted octanol–water partition coefficient (Wildman–Crippen LogP) is 4.24. The van der Waals surface area contributed by atoms with Gasteiger partial charge >= 0.3 is 0 Å². The topological polar surface area (TPSA) is 20.2 Å². The lowest BCUT2D eigenvalue weighted by molar-refractivity contribution is 0.182. The number of aliphatic hydroxyl groups is 1. The van der Waals surface area contributed by atoms with E-state index in [0.29, 0.717) is 11.4 Å². The Morgan fingerprint density at radius 3 is 2.35 bits per heavy atom. The molecule has 0 aliphatic rings. The Balaban J connectivity index is 2.07. The quantitative estimate of drug-likeness (QED) is 0.878. The first-order valence-corrected chi connectivity index (χ1v) is 6.95. The molecule has 0 aliphatic heterocycles. The van der Waals surface area contributed by atoms with Gasteiger partial charge in [0, 0.05) is 6.42 Å². The molecule has 1 unspecified atom stereocenters. The molecule has 0 radical (unpaired) electrons. The van der Waals surface area contributed by atoms with Crippen LogP contribution in [0.1, 0.15) is 29.0 Å². The van der Waals surface area contributed by atoms with Crippen LogP contribution in [0.2, 0.25) is 5.02 Å². The van der Waals surface area contributed by atoms with Crippen LogP contribution in [-0.4, -0.2) is 5.11 Å². The van der Waals surface area contributed by atoms with E-state index in [0.717, 1.165) is 16.9 Å². The smallest absolute Gasteiger partial charge is 0.0937 e. The van der Waals surface area contributed by atoms with Gasteiger partial charge in [-0.1, -0.05) is 42.8 Å².